The summed E-state index contributed by atoms with van der Waals surface area (Å²) >= 11 is 0. The van der Waals surface area contributed by atoms with Crippen molar-refractivity contribution in [2.24, 2.45) is 11.8 Å². The molecule has 1 aromatic heterocycles. The van der Waals surface area contributed by atoms with Crippen molar-refractivity contribution in [3.8, 4) is 0 Å². The molecule has 0 N–H and O–H groups in total. The number of aryl methyl sites for hydroxylation is 1. The van der Waals surface area contributed by atoms with Gasteiger partial charge in [-0.15, -0.1) is 5.10 Å². The van der Waals surface area contributed by atoms with E-state index in [9.17, 15) is 0 Å². The molecule has 5 nitrogen and oxygen atoms in total. The molecule has 0 unspecified atom stereocenters. The van der Waals surface area contributed by atoms with Crippen LogP contribution in [0.15, 0.2) is 4.42 Å². The first-order valence-corrected chi connectivity index (χ1v) is 7.84. The largest absolute Gasteiger partial charge is 0.408 e. The Labute approximate surface area is 122 Å². The maximum Gasteiger partial charge on any atom is 0.317 e. The Balaban J connectivity index is 1.81. The molecule has 0 aliphatic carbocycles. The first-order valence-electron chi connectivity index (χ1n) is 7.84. The van der Waals surface area contributed by atoms with Crippen LogP contribution >= 0.6 is 0 Å². The Morgan fingerprint density at radius 2 is 2.20 bits per heavy atom. The Kier molecular flexibility index (Phi) is 5.40. The number of rotatable bonds is 7. The summed E-state index contributed by atoms with van der Waals surface area (Å²) in [4.78, 5) is 4.68. The van der Waals surface area contributed by atoms with Crippen LogP contribution in [-0.4, -0.2) is 48.3 Å². The van der Waals surface area contributed by atoms with Crippen molar-refractivity contribution >= 4 is 6.01 Å². The topological polar surface area (TPSA) is 45.4 Å². The summed E-state index contributed by atoms with van der Waals surface area (Å²) in [7, 11) is 2.05. The van der Waals surface area contributed by atoms with Gasteiger partial charge >= 0.3 is 6.01 Å². The fraction of sp³-hybridized carbons (Fsp3) is 0.867. The number of nitrogens with zero attached hydrogens (tertiary/aromatic N) is 4. The Hall–Kier alpha value is -1.10. The van der Waals surface area contributed by atoms with E-state index in [0.29, 0.717) is 11.9 Å². The quantitative estimate of drug-likeness (QED) is 0.767. The predicted octanol–water partition coefficient (Wildman–Crippen LogP) is 2.44. The van der Waals surface area contributed by atoms with Gasteiger partial charge in [-0.3, -0.25) is 0 Å². The predicted molar refractivity (Wildman–Crippen MR) is 80.9 cm³/mol. The van der Waals surface area contributed by atoms with Crippen molar-refractivity contribution in [2.75, 3.05) is 38.1 Å². The van der Waals surface area contributed by atoms with Gasteiger partial charge in [0, 0.05) is 33.1 Å². The van der Waals surface area contributed by atoms with Crippen LogP contribution < -0.4 is 4.90 Å². The van der Waals surface area contributed by atoms with Crippen molar-refractivity contribution in [1.29, 1.82) is 0 Å². The molecular weight excluding hydrogens is 252 g/mol. The third kappa shape index (κ3) is 4.20. The highest BCUT2D eigenvalue weighted by Gasteiger charge is 2.25. The summed E-state index contributed by atoms with van der Waals surface area (Å²) in [5.41, 5.74) is 0. The standard InChI is InChI=1S/C15H28N4O/c1-5-6-14-16-17-15(20-14)18(4)10-13-7-8-19(11-13)9-12(2)3/h12-13H,5-11H2,1-4H3/t13-/m0/s1. The third-order valence-corrected chi connectivity index (χ3v) is 3.77. The lowest BCUT2D eigenvalue weighted by Gasteiger charge is -2.21. The van der Waals surface area contributed by atoms with Gasteiger partial charge in [-0.1, -0.05) is 25.9 Å². The van der Waals surface area contributed by atoms with Crippen molar-refractivity contribution in [3.05, 3.63) is 5.89 Å². The van der Waals surface area contributed by atoms with Crippen molar-refractivity contribution in [3.63, 3.8) is 0 Å². The maximum absolute atomic E-state index is 5.68. The summed E-state index contributed by atoms with van der Waals surface area (Å²) in [6, 6.07) is 0.663. The van der Waals surface area contributed by atoms with Gasteiger partial charge in [0.05, 0.1) is 0 Å². The van der Waals surface area contributed by atoms with E-state index in [1.54, 1.807) is 0 Å². The molecule has 0 bridgehead atoms. The molecule has 1 aliphatic rings. The SMILES string of the molecule is CCCc1nnc(N(C)C[C@@H]2CCN(CC(C)C)C2)o1. The van der Waals surface area contributed by atoms with E-state index < -0.39 is 0 Å². The highest BCUT2D eigenvalue weighted by molar-refractivity contribution is 5.22. The van der Waals surface area contributed by atoms with Crippen molar-refractivity contribution in [2.45, 2.75) is 40.0 Å². The van der Waals surface area contributed by atoms with Crippen LogP contribution in [0.1, 0.15) is 39.5 Å². The van der Waals surface area contributed by atoms with Gasteiger partial charge in [-0.05, 0) is 31.2 Å². The summed E-state index contributed by atoms with van der Waals surface area (Å²) in [5, 5.41) is 8.23. The van der Waals surface area contributed by atoms with Crippen LogP contribution in [0.25, 0.3) is 0 Å². The van der Waals surface area contributed by atoms with E-state index in [0.717, 1.165) is 31.2 Å². The number of hydrogen-bond donors (Lipinski definition) is 0. The average Bonchev–Trinajstić information content (AvgIpc) is 2.99. The second-order valence-corrected chi connectivity index (χ2v) is 6.42. The lowest BCUT2D eigenvalue weighted by molar-refractivity contribution is 0.287. The number of hydrogen-bond acceptors (Lipinski definition) is 5. The maximum atomic E-state index is 5.68. The van der Waals surface area contributed by atoms with Crippen LogP contribution in [0.4, 0.5) is 6.01 Å². The van der Waals surface area contributed by atoms with E-state index in [1.165, 1.54) is 26.1 Å². The van der Waals surface area contributed by atoms with Crippen molar-refractivity contribution in [1.82, 2.24) is 15.1 Å². The second-order valence-electron chi connectivity index (χ2n) is 6.42. The van der Waals surface area contributed by atoms with Gasteiger partial charge < -0.3 is 14.2 Å². The fourth-order valence-electron chi connectivity index (χ4n) is 2.92. The Morgan fingerprint density at radius 3 is 2.90 bits per heavy atom. The molecule has 0 amide bonds. The molecule has 20 heavy (non-hydrogen) atoms. The summed E-state index contributed by atoms with van der Waals surface area (Å²) in [6.45, 7) is 11.3. The summed E-state index contributed by atoms with van der Waals surface area (Å²) in [5.74, 6) is 2.21. The molecule has 1 saturated heterocycles. The minimum absolute atomic E-state index is 0.663. The van der Waals surface area contributed by atoms with Gasteiger partial charge in [0.1, 0.15) is 0 Å². The Morgan fingerprint density at radius 1 is 1.40 bits per heavy atom. The lowest BCUT2D eigenvalue weighted by Crippen LogP contribution is -2.29. The zero-order valence-electron chi connectivity index (χ0n) is 13.3. The smallest absolute Gasteiger partial charge is 0.317 e. The van der Waals surface area contributed by atoms with Gasteiger partial charge in [-0.2, -0.15) is 0 Å². The molecule has 0 radical (unpaired) electrons. The van der Waals surface area contributed by atoms with Crippen LogP contribution in [0.2, 0.25) is 0 Å². The molecule has 0 aromatic carbocycles. The van der Waals surface area contributed by atoms with Crippen LogP contribution in [0.5, 0.6) is 0 Å². The van der Waals surface area contributed by atoms with Gasteiger partial charge in [0.15, 0.2) is 0 Å². The molecule has 1 aliphatic heterocycles. The summed E-state index contributed by atoms with van der Waals surface area (Å²) < 4.78 is 5.68. The average molecular weight is 280 g/mol. The first kappa shape index (κ1) is 15.3. The van der Waals surface area contributed by atoms with Gasteiger partial charge in [-0.25, -0.2) is 0 Å². The van der Waals surface area contributed by atoms with Gasteiger partial charge in [0.25, 0.3) is 0 Å². The van der Waals surface area contributed by atoms with E-state index in [1.807, 2.05) is 7.05 Å². The molecule has 2 rings (SSSR count). The minimum atomic E-state index is 0.663. The van der Waals surface area contributed by atoms with Crippen LogP contribution in [0.3, 0.4) is 0 Å². The molecule has 0 spiro atoms. The molecule has 114 valence electrons. The second kappa shape index (κ2) is 7.07. The van der Waals surface area contributed by atoms with Crippen LogP contribution in [0, 0.1) is 11.8 Å². The first-order chi connectivity index (χ1) is 9.58. The van der Waals surface area contributed by atoms with Gasteiger partial charge in [0.2, 0.25) is 5.89 Å². The number of aromatic nitrogens is 2. The molecule has 0 saturated carbocycles. The molecule has 5 heteroatoms. The van der Waals surface area contributed by atoms with E-state index in [4.69, 9.17) is 4.42 Å². The van der Waals surface area contributed by atoms with E-state index in [2.05, 4.69) is 40.8 Å². The zero-order valence-corrected chi connectivity index (χ0v) is 13.3. The third-order valence-electron chi connectivity index (χ3n) is 3.77. The molecular formula is C15H28N4O. The Bertz CT molecular complexity index is 404. The highest BCUT2D eigenvalue weighted by Crippen LogP contribution is 2.20. The zero-order chi connectivity index (χ0) is 14.5. The number of anilines is 1. The molecule has 1 atom stereocenters. The highest BCUT2D eigenvalue weighted by atomic mass is 16.4. The minimum Gasteiger partial charge on any atom is -0.408 e. The number of likely N-dealkylation sites (tertiary alicyclic amines) is 1. The summed E-state index contributed by atoms with van der Waals surface area (Å²) in [6.07, 6.45) is 3.18. The molecule has 1 fully saturated rings. The fourth-order valence-corrected chi connectivity index (χ4v) is 2.92. The van der Waals surface area contributed by atoms with Crippen LogP contribution in [-0.2, 0) is 6.42 Å². The molecule has 2 heterocycles. The lowest BCUT2D eigenvalue weighted by atomic mass is 10.1. The molecule has 1 aromatic rings. The normalized spacial score (nSPS) is 19.9. The monoisotopic (exact) mass is 280 g/mol. The van der Waals surface area contributed by atoms with Crippen molar-refractivity contribution < 1.29 is 4.42 Å². The van der Waals surface area contributed by atoms with E-state index in [-0.39, 0.29) is 0 Å². The van der Waals surface area contributed by atoms with E-state index >= 15 is 0 Å².